The lowest BCUT2D eigenvalue weighted by molar-refractivity contribution is 0.0611. The molecule has 1 aliphatic carbocycles. The molecule has 2 heterocycles. The van der Waals surface area contributed by atoms with Crippen LogP contribution in [0.15, 0.2) is 73.1 Å². The second kappa shape index (κ2) is 9.46. The number of benzene rings is 2. The van der Waals surface area contributed by atoms with Crippen LogP contribution in [0.3, 0.4) is 0 Å². The number of pyridine rings is 1. The third-order valence-electron chi connectivity index (χ3n) is 6.77. The summed E-state index contributed by atoms with van der Waals surface area (Å²) in [6.07, 6.45) is 7.48. The van der Waals surface area contributed by atoms with Crippen molar-refractivity contribution in [3.05, 3.63) is 89.1 Å². The van der Waals surface area contributed by atoms with Gasteiger partial charge in [-0.1, -0.05) is 36.4 Å². The zero-order valence-corrected chi connectivity index (χ0v) is 19.7. The Kier molecular flexibility index (Phi) is 6.25. The van der Waals surface area contributed by atoms with Crippen LogP contribution < -0.4 is 5.73 Å². The number of aryl methyl sites for hydroxylation is 1. The van der Waals surface area contributed by atoms with Crippen LogP contribution >= 0.6 is 11.3 Å². The second-order valence-corrected chi connectivity index (χ2v) is 10.0. The Balaban J connectivity index is 1.48. The molecule has 0 aliphatic heterocycles. The molecule has 0 spiro atoms. The van der Waals surface area contributed by atoms with Gasteiger partial charge in [0.25, 0.3) is 5.91 Å². The summed E-state index contributed by atoms with van der Waals surface area (Å²) in [5, 5.41) is 1.18. The Labute approximate surface area is 199 Å². The van der Waals surface area contributed by atoms with Crippen molar-refractivity contribution in [2.24, 2.45) is 5.73 Å². The van der Waals surface area contributed by atoms with E-state index in [1.54, 1.807) is 11.3 Å². The van der Waals surface area contributed by atoms with Gasteiger partial charge in [-0.2, -0.15) is 0 Å². The molecular formula is C28H29N3OS. The number of amides is 1. The van der Waals surface area contributed by atoms with E-state index in [4.69, 9.17) is 5.73 Å². The van der Waals surface area contributed by atoms with Crippen LogP contribution in [0, 0.1) is 6.92 Å². The number of fused-ring (bicyclic) bond motifs is 1. The molecule has 1 saturated carbocycles. The number of aromatic nitrogens is 1. The van der Waals surface area contributed by atoms with Crippen LogP contribution in [0.5, 0.6) is 0 Å². The van der Waals surface area contributed by atoms with E-state index in [1.807, 2.05) is 36.7 Å². The van der Waals surface area contributed by atoms with Gasteiger partial charge < -0.3 is 10.6 Å². The highest BCUT2D eigenvalue weighted by atomic mass is 32.1. The highest BCUT2D eigenvalue weighted by Crippen LogP contribution is 2.34. The van der Waals surface area contributed by atoms with Crippen LogP contribution in [0.4, 0.5) is 0 Å². The lowest BCUT2D eigenvalue weighted by Gasteiger charge is -2.36. The molecule has 4 nitrogen and oxygen atoms in total. The molecule has 1 amide bonds. The molecular weight excluding hydrogens is 426 g/mol. The molecule has 0 radical (unpaired) electrons. The fourth-order valence-corrected chi connectivity index (χ4v) is 6.04. The van der Waals surface area contributed by atoms with Gasteiger partial charge in [0.05, 0.1) is 4.88 Å². The van der Waals surface area contributed by atoms with Crippen LogP contribution in [-0.2, 0) is 6.54 Å². The molecule has 5 rings (SSSR count). The van der Waals surface area contributed by atoms with Gasteiger partial charge in [-0.15, -0.1) is 11.3 Å². The standard InChI is InChI=1S/C28H29N3OS/c1-19-25-7-2-3-8-26(25)33-27(19)28(32)31(24-11-9-23(29)10-12-24)18-20-5-4-6-22(17-20)21-13-15-30-16-14-21/h2-8,13-17,23-24H,9-12,18,29H2,1H3. The molecule has 33 heavy (non-hydrogen) atoms. The number of hydrogen-bond donors (Lipinski definition) is 1. The van der Waals surface area contributed by atoms with Crippen LogP contribution in [0.1, 0.15) is 46.5 Å². The lowest BCUT2D eigenvalue weighted by Crippen LogP contribution is -2.43. The normalized spacial score (nSPS) is 18.4. The molecule has 0 saturated heterocycles. The first kappa shape index (κ1) is 21.8. The van der Waals surface area contributed by atoms with E-state index < -0.39 is 0 Å². The van der Waals surface area contributed by atoms with Gasteiger partial charge in [-0.3, -0.25) is 9.78 Å². The maximum atomic E-state index is 14.0. The van der Waals surface area contributed by atoms with Crippen LogP contribution in [-0.4, -0.2) is 27.9 Å². The van der Waals surface area contributed by atoms with Crippen LogP contribution in [0.25, 0.3) is 21.2 Å². The van der Waals surface area contributed by atoms with Crippen LogP contribution in [0.2, 0.25) is 0 Å². The van der Waals surface area contributed by atoms with Gasteiger partial charge in [0.2, 0.25) is 0 Å². The third-order valence-corrected chi connectivity index (χ3v) is 8.04. The number of rotatable bonds is 5. The minimum Gasteiger partial charge on any atom is -0.331 e. The highest BCUT2D eigenvalue weighted by Gasteiger charge is 2.30. The Bertz CT molecular complexity index is 1260. The van der Waals surface area contributed by atoms with Gasteiger partial charge in [-0.25, -0.2) is 0 Å². The van der Waals surface area contributed by atoms with Gasteiger partial charge >= 0.3 is 0 Å². The summed E-state index contributed by atoms with van der Waals surface area (Å²) >= 11 is 1.61. The van der Waals surface area contributed by atoms with Crippen molar-refractivity contribution in [3.8, 4) is 11.1 Å². The Morgan fingerprint density at radius 1 is 1.00 bits per heavy atom. The van der Waals surface area contributed by atoms with Crippen molar-refractivity contribution in [1.82, 2.24) is 9.88 Å². The van der Waals surface area contributed by atoms with E-state index in [0.29, 0.717) is 6.54 Å². The smallest absolute Gasteiger partial charge is 0.264 e. The number of hydrogen-bond acceptors (Lipinski definition) is 4. The monoisotopic (exact) mass is 455 g/mol. The first-order chi connectivity index (χ1) is 16.1. The molecule has 1 fully saturated rings. The van der Waals surface area contributed by atoms with E-state index >= 15 is 0 Å². The number of carbonyl (C=O) groups is 1. The van der Waals surface area contributed by atoms with Gasteiger partial charge in [0.15, 0.2) is 0 Å². The predicted octanol–water partition coefficient (Wildman–Crippen LogP) is 6.18. The molecule has 2 N–H and O–H groups in total. The molecule has 0 bridgehead atoms. The first-order valence-corrected chi connectivity index (χ1v) is 12.5. The summed E-state index contributed by atoms with van der Waals surface area (Å²) in [5.74, 6) is 0.142. The Morgan fingerprint density at radius 2 is 1.76 bits per heavy atom. The summed E-state index contributed by atoms with van der Waals surface area (Å²) in [7, 11) is 0. The molecule has 5 heteroatoms. The van der Waals surface area contributed by atoms with Crippen molar-refractivity contribution < 1.29 is 4.79 Å². The van der Waals surface area contributed by atoms with Crippen molar-refractivity contribution >= 4 is 27.3 Å². The summed E-state index contributed by atoms with van der Waals surface area (Å²) in [4.78, 5) is 21.1. The van der Waals surface area contributed by atoms with Gasteiger partial charge in [-0.05, 0) is 84.5 Å². The molecule has 1 aliphatic rings. The molecule has 0 unspecified atom stereocenters. The Morgan fingerprint density at radius 3 is 2.52 bits per heavy atom. The molecule has 4 aromatic rings. The van der Waals surface area contributed by atoms with Crippen molar-refractivity contribution in [2.75, 3.05) is 0 Å². The minimum atomic E-state index is 0.142. The van der Waals surface area contributed by atoms with Gasteiger partial charge in [0.1, 0.15) is 0 Å². The predicted molar refractivity (Wildman–Crippen MR) is 136 cm³/mol. The lowest BCUT2D eigenvalue weighted by atomic mass is 9.90. The maximum absolute atomic E-state index is 14.0. The van der Waals surface area contributed by atoms with E-state index in [9.17, 15) is 4.79 Å². The zero-order chi connectivity index (χ0) is 22.8. The number of carbonyl (C=O) groups excluding carboxylic acids is 1. The first-order valence-electron chi connectivity index (χ1n) is 11.6. The summed E-state index contributed by atoms with van der Waals surface area (Å²) < 4.78 is 1.17. The Hall–Kier alpha value is -3.02. The van der Waals surface area contributed by atoms with E-state index in [0.717, 1.165) is 52.8 Å². The quantitative estimate of drug-likeness (QED) is 0.391. The third kappa shape index (κ3) is 4.56. The molecule has 2 aromatic heterocycles. The largest absolute Gasteiger partial charge is 0.331 e. The van der Waals surface area contributed by atoms with Crippen molar-refractivity contribution in [1.29, 1.82) is 0 Å². The molecule has 2 aromatic carbocycles. The zero-order valence-electron chi connectivity index (χ0n) is 18.9. The molecule has 168 valence electrons. The topological polar surface area (TPSA) is 59.2 Å². The number of nitrogens with two attached hydrogens (primary N) is 1. The van der Waals surface area contributed by atoms with E-state index in [-0.39, 0.29) is 18.0 Å². The maximum Gasteiger partial charge on any atom is 0.264 e. The number of thiophene rings is 1. The average Bonchev–Trinajstić information content (AvgIpc) is 3.20. The summed E-state index contributed by atoms with van der Waals surface area (Å²) in [6.45, 7) is 2.68. The fourth-order valence-electron chi connectivity index (χ4n) is 4.88. The number of nitrogens with zero attached hydrogens (tertiary/aromatic N) is 2. The second-order valence-electron chi connectivity index (χ2n) is 8.99. The van der Waals surface area contributed by atoms with Crippen molar-refractivity contribution in [2.45, 2.75) is 51.2 Å². The fraction of sp³-hybridized carbons (Fsp3) is 0.286. The average molecular weight is 456 g/mol. The SMILES string of the molecule is Cc1c(C(=O)N(Cc2cccc(-c3ccncc3)c2)C2CCC(N)CC2)sc2ccccc12. The minimum absolute atomic E-state index is 0.142. The summed E-state index contributed by atoms with van der Waals surface area (Å²) in [5.41, 5.74) is 10.7. The van der Waals surface area contributed by atoms with Crippen molar-refractivity contribution in [3.63, 3.8) is 0 Å². The summed E-state index contributed by atoms with van der Waals surface area (Å²) in [6, 6.07) is 21.3. The highest BCUT2D eigenvalue weighted by molar-refractivity contribution is 7.21. The van der Waals surface area contributed by atoms with E-state index in [1.165, 1.54) is 10.1 Å². The van der Waals surface area contributed by atoms with Gasteiger partial charge in [0, 0.05) is 35.7 Å². The molecule has 0 atom stereocenters. The van der Waals surface area contributed by atoms with E-state index in [2.05, 4.69) is 53.2 Å².